The number of nitrogens with one attached hydrogen (secondary N) is 1. The third kappa shape index (κ3) is 1.81. The molecule has 1 nitrogen and oxygen atoms in total. The SMILES string of the molecule is c1ccc([C@@H]2CNc3ccccc3S2)cc1. The van der Waals surface area contributed by atoms with Crippen LogP contribution in [0.25, 0.3) is 0 Å². The average molecular weight is 227 g/mol. The first-order valence-electron chi connectivity index (χ1n) is 5.48. The van der Waals surface area contributed by atoms with Gasteiger partial charge in [0.15, 0.2) is 0 Å². The van der Waals surface area contributed by atoms with Gasteiger partial charge in [-0.1, -0.05) is 42.5 Å². The lowest BCUT2D eigenvalue weighted by atomic mass is 10.1. The predicted octanol–water partition coefficient (Wildman–Crippen LogP) is 3.95. The summed E-state index contributed by atoms with van der Waals surface area (Å²) < 4.78 is 0. The molecule has 0 aromatic heterocycles. The summed E-state index contributed by atoms with van der Waals surface area (Å²) in [4.78, 5) is 1.35. The van der Waals surface area contributed by atoms with Crippen LogP contribution >= 0.6 is 11.8 Å². The fourth-order valence-electron chi connectivity index (χ4n) is 1.97. The summed E-state index contributed by atoms with van der Waals surface area (Å²) in [7, 11) is 0. The smallest absolute Gasteiger partial charge is 0.0517 e. The van der Waals surface area contributed by atoms with Gasteiger partial charge in [0.2, 0.25) is 0 Å². The molecule has 2 heteroatoms. The molecule has 0 fully saturated rings. The molecule has 1 N–H and O–H groups in total. The average Bonchev–Trinajstić information content (AvgIpc) is 2.39. The van der Waals surface area contributed by atoms with E-state index in [0.29, 0.717) is 5.25 Å². The Labute approximate surface area is 99.9 Å². The van der Waals surface area contributed by atoms with Crippen molar-refractivity contribution in [3.8, 4) is 0 Å². The van der Waals surface area contributed by atoms with Gasteiger partial charge in [0.1, 0.15) is 0 Å². The largest absolute Gasteiger partial charge is 0.383 e. The number of hydrogen-bond acceptors (Lipinski definition) is 2. The molecule has 0 unspecified atom stereocenters. The summed E-state index contributed by atoms with van der Waals surface area (Å²) in [6, 6.07) is 19.2. The molecule has 0 amide bonds. The molecular weight excluding hydrogens is 214 g/mol. The monoisotopic (exact) mass is 227 g/mol. The van der Waals surface area contributed by atoms with Gasteiger partial charge in [0.25, 0.3) is 0 Å². The van der Waals surface area contributed by atoms with Gasteiger partial charge in [0.05, 0.1) is 5.25 Å². The summed E-state index contributed by atoms with van der Waals surface area (Å²) in [5.74, 6) is 0. The third-order valence-electron chi connectivity index (χ3n) is 2.81. The van der Waals surface area contributed by atoms with Crippen molar-refractivity contribution >= 4 is 17.4 Å². The number of rotatable bonds is 1. The first-order valence-corrected chi connectivity index (χ1v) is 6.36. The summed E-state index contributed by atoms with van der Waals surface area (Å²) in [6.45, 7) is 1.01. The Morgan fingerprint density at radius 2 is 1.69 bits per heavy atom. The van der Waals surface area contributed by atoms with Gasteiger partial charge < -0.3 is 5.32 Å². The Morgan fingerprint density at radius 3 is 2.56 bits per heavy atom. The van der Waals surface area contributed by atoms with Gasteiger partial charge in [-0.05, 0) is 17.7 Å². The van der Waals surface area contributed by atoms with Crippen molar-refractivity contribution in [2.24, 2.45) is 0 Å². The topological polar surface area (TPSA) is 12.0 Å². The van der Waals surface area contributed by atoms with Crippen LogP contribution in [0, 0.1) is 0 Å². The number of anilines is 1. The van der Waals surface area contributed by atoms with Crippen LogP contribution in [0.4, 0.5) is 5.69 Å². The van der Waals surface area contributed by atoms with Crippen molar-refractivity contribution in [2.45, 2.75) is 10.1 Å². The van der Waals surface area contributed by atoms with E-state index in [2.05, 4.69) is 59.9 Å². The fourth-order valence-corrected chi connectivity index (χ4v) is 3.16. The van der Waals surface area contributed by atoms with Crippen molar-refractivity contribution in [3.05, 3.63) is 60.2 Å². The number of hydrogen-bond donors (Lipinski definition) is 1. The van der Waals surface area contributed by atoms with Crippen LogP contribution in [0.1, 0.15) is 10.8 Å². The minimum atomic E-state index is 0.524. The van der Waals surface area contributed by atoms with Crippen molar-refractivity contribution in [1.82, 2.24) is 0 Å². The standard InChI is InChI=1S/C14H13NS/c1-2-6-11(7-3-1)14-10-15-12-8-4-5-9-13(12)16-14/h1-9,14-15H,10H2/t14-/m0/s1. The summed E-state index contributed by atoms with van der Waals surface area (Å²) >= 11 is 1.95. The molecule has 16 heavy (non-hydrogen) atoms. The van der Waals surface area contributed by atoms with E-state index in [-0.39, 0.29) is 0 Å². The number of para-hydroxylation sites is 1. The first kappa shape index (κ1) is 9.79. The van der Waals surface area contributed by atoms with Gasteiger partial charge in [-0.3, -0.25) is 0 Å². The molecule has 2 aromatic carbocycles. The molecule has 0 spiro atoms. The normalized spacial score (nSPS) is 18.6. The van der Waals surface area contributed by atoms with E-state index in [0.717, 1.165) is 6.54 Å². The maximum absolute atomic E-state index is 3.49. The minimum Gasteiger partial charge on any atom is -0.383 e. The number of fused-ring (bicyclic) bond motifs is 1. The maximum Gasteiger partial charge on any atom is 0.0517 e. The van der Waals surface area contributed by atoms with E-state index in [9.17, 15) is 0 Å². The van der Waals surface area contributed by atoms with E-state index in [1.807, 2.05) is 11.8 Å². The lowest BCUT2D eigenvalue weighted by molar-refractivity contribution is 0.964. The second-order valence-electron chi connectivity index (χ2n) is 3.89. The van der Waals surface area contributed by atoms with Crippen molar-refractivity contribution in [1.29, 1.82) is 0 Å². The van der Waals surface area contributed by atoms with E-state index < -0.39 is 0 Å². The quantitative estimate of drug-likeness (QED) is 0.791. The number of benzene rings is 2. The van der Waals surface area contributed by atoms with Crippen LogP contribution < -0.4 is 5.32 Å². The Bertz CT molecular complexity index is 481. The fraction of sp³-hybridized carbons (Fsp3) is 0.143. The van der Waals surface area contributed by atoms with Crippen LogP contribution in [0.5, 0.6) is 0 Å². The van der Waals surface area contributed by atoms with Crippen LogP contribution in [-0.4, -0.2) is 6.54 Å². The molecular formula is C14H13NS. The Morgan fingerprint density at radius 1 is 0.938 bits per heavy atom. The van der Waals surface area contributed by atoms with Crippen LogP contribution in [0.3, 0.4) is 0 Å². The lowest BCUT2D eigenvalue weighted by Crippen LogP contribution is -2.14. The van der Waals surface area contributed by atoms with E-state index in [4.69, 9.17) is 0 Å². The molecule has 0 bridgehead atoms. The maximum atomic E-state index is 3.49. The third-order valence-corrected chi connectivity index (χ3v) is 4.14. The Balaban J connectivity index is 1.89. The molecule has 2 aromatic rings. The van der Waals surface area contributed by atoms with Gasteiger partial charge in [-0.15, -0.1) is 11.8 Å². The van der Waals surface area contributed by atoms with Gasteiger partial charge in [-0.2, -0.15) is 0 Å². The second kappa shape index (κ2) is 4.22. The van der Waals surface area contributed by atoms with E-state index >= 15 is 0 Å². The van der Waals surface area contributed by atoms with Crippen molar-refractivity contribution in [2.75, 3.05) is 11.9 Å². The molecule has 0 saturated heterocycles. The first-order chi connectivity index (χ1) is 7.93. The van der Waals surface area contributed by atoms with E-state index in [1.165, 1.54) is 16.1 Å². The molecule has 1 aliphatic rings. The number of thioether (sulfide) groups is 1. The summed E-state index contributed by atoms with van der Waals surface area (Å²) in [6.07, 6.45) is 0. The molecule has 0 radical (unpaired) electrons. The summed E-state index contributed by atoms with van der Waals surface area (Å²) in [5, 5.41) is 4.01. The lowest BCUT2D eigenvalue weighted by Gasteiger charge is -2.25. The van der Waals surface area contributed by atoms with Crippen LogP contribution in [-0.2, 0) is 0 Å². The molecule has 3 rings (SSSR count). The molecule has 0 aliphatic carbocycles. The highest BCUT2D eigenvalue weighted by atomic mass is 32.2. The van der Waals surface area contributed by atoms with Crippen LogP contribution in [0.15, 0.2) is 59.5 Å². The molecule has 80 valence electrons. The van der Waals surface area contributed by atoms with Crippen LogP contribution in [0.2, 0.25) is 0 Å². The molecule has 0 saturated carbocycles. The highest BCUT2D eigenvalue weighted by Crippen LogP contribution is 2.42. The molecule has 1 atom stereocenters. The zero-order chi connectivity index (χ0) is 10.8. The molecule has 1 heterocycles. The predicted molar refractivity (Wildman–Crippen MR) is 70.0 cm³/mol. The van der Waals surface area contributed by atoms with Crippen molar-refractivity contribution in [3.63, 3.8) is 0 Å². The second-order valence-corrected chi connectivity index (χ2v) is 5.14. The van der Waals surface area contributed by atoms with Gasteiger partial charge in [-0.25, -0.2) is 0 Å². The highest BCUT2D eigenvalue weighted by Gasteiger charge is 2.19. The van der Waals surface area contributed by atoms with Crippen molar-refractivity contribution < 1.29 is 0 Å². The Hall–Kier alpha value is -1.41. The zero-order valence-electron chi connectivity index (χ0n) is 8.89. The van der Waals surface area contributed by atoms with Gasteiger partial charge in [0, 0.05) is 17.1 Å². The Kier molecular flexibility index (Phi) is 2.58. The highest BCUT2D eigenvalue weighted by molar-refractivity contribution is 7.99. The minimum absolute atomic E-state index is 0.524. The van der Waals surface area contributed by atoms with E-state index in [1.54, 1.807) is 0 Å². The molecule has 1 aliphatic heterocycles. The zero-order valence-corrected chi connectivity index (χ0v) is 9.71. The van der Waals surface area contributed by atoms with Gasteiger partial charge >= 0.3 is 0 Å². The summed E-state index contributed by atoms with van der Waals surface area (Å²) in [5.41, 5.74) is 2.66.